The topological polar surface area (TPSA) is 85.2 Å². The molecular formula is C26H22N2O4S. The van der Waals surface area contributed by atoms with Crippen LogP contribution in [0.5, 0.6) is 0 Å². The number of aryl methyl sites for hydroxylation is 1. The molecule has 1 aliphatic heterocycles. The van der Waals surface area contributed by atoms with E-state index >= 15 is 0 Å². The van der Waals surface area contributed by atoms with E-state index in [1.54, 1.807) is 66.7 Å². The van der Waals surface area contributed by atoms with Crippen LogP contribution in [0.25, 0.3) is 10.9 Å². The molecule has 0 aliphatic carbocycles. The van der Waals surface area contributed by atoms with Gasteiger partial charge in [0.15, 0.2) is 5.78 Å². The summed E-state index contributed by atoms with van der Waals surface area (Å²) in [5.74, 6) is -0.425. The molecule has 3 aromatic carbocycles. The third-order valence-electron chi connectivity index (χ3n) is 6.14. The van der Waals surface area contributed by atoms with Crippen LogP contribution < -0.4 is 5.32 Å². The SMILES string of the molecule is CC(=O)C[C@@]1(c2cn(S(=O)(=O)c3ccc(C)cc3)c3ccccc23)Nc2ccccc2C1=O. The van der Waals surface area contributed by atoms with Crippen LogP contribution in [0, 0.1) is 6.92 Å². The molecule has 33 heavy (non-hydrogen) atoms. The predicted molar refractivity (Wildman–Crippen MR) is 127 cm³/mol. The zero-order chi connectivity index (χ0) is 23.4. The lowest BCUT2D eigenvalue weighted by atomic mass is 9.81. The summed E-state index contributed by atoms with van der Waals surface area (Å²) < 4.78 is 28.4. The van der Waals surface area contributed by atoms with Gasteiger partial charge in [-0.25, -0.2) is 12.4 Å². The molecule has 0 bridgehead atoms. The van der Waals surface area contributed by atoms with Crippen molar-refractivity contribution in [3.05, 3.63) is 95.7 Å². The van der Waals surface area contributed by atoms with Crippen molar-refractivity contribution in [2.45, 2.75) is 30.7 Å². The standard InChI is InChI=1S/C26H22N2O4S/c1-17-11-13-19(14-12-17)33(31,32)28-16-22(20-7-4-6-10-24(20)28)26(15-18(2)29)25(30)21-8-3-5-9-23(21)27-26/h3-14,16,27H,15H2,1-2H3/t26-/m0/s1. The van der Waals surface area contributed by atoms with E-state index in [0.717, 1.165) is 5.56 Å². The minimum atomic E-state index is -3.94. The van der Waals surface area contributed by atoms with E-state index in [-0.39, 0.29) is 22.9 Å². The van der Waals surface area contributed by atoms with Crippen molar-refractivity contribution in [2.75, 3.05) is 5.32 Å². The third kappa shape index (κ3) is 3.19. The summed E-state index contributed by atoms with van der Waals surface area (Å²) >= 11 is 0. The van der Waals surface area contributed by atoms with Crippen LogP contribution in [0.3, 0.4) is 0 Å². The number of Topliss-reactive ketones (excluding diaryl/α,β-unsaturated/α-hetero) is 2. The number of rotatable bonds is 5. The van der Waals surface area contributed by atoms with Gasteiger partial charge in [-0.2, -0.15) is 0 Å². The molecule has 0 amide bonds. The van der Waals surface area contributed by atoms with Crippen molar-refractivity contribution < 1.29 is 18.0 Å². The molecule has 1 N–H and O–H groups in total. The number of nitrogens with zero attached hydrogens (tertiary/aromatic N) is 1. The molecule has 1 aromatic heterocycles. The van der Waals surface area contributed by atoms with Gasteiger partial charge in [-0.15, -0.1) is 0 Å². The number of fused-ring (bicyclic) bond motifs is 2. The van der Waals surface area contributed by atoms with Crippen LogP contribution in [0.4, 0.5) is 5.69 Å². The summed E-state index contributed by atoms with van der Waals surface area (Å²) in [6, 6.07) is 20.8. The Bertz CT molecular complexity index is 1530. The zero-order valence-electron chi connectivity index (χ0n) is 18.2. The highest BCUT2D eigenvalue weighted by Gasteiger charge is 2.49. The smallest absolute Gasteiger partial charge is 0.268 e. The Balaban J connectivity index is 1.78. The molecule has 0 saturated heterocycles. The Morgan fingerprint density at radius 3 is 2.33 bits per heavy atom. The van der Waals surface area contributed by atoms with Gasteiger partial charge in [0, 0.05) is 34.8 Å². The van der Waals surface area contributed by atoms with E-state index in [1.165, 1.54) is 17.1 Å². The second-order valence-corrected chi connectivity index (χ2v) is 10.3. The maximum absolute atomic E-state index is 13.7. The zero-order valence-corrected chi connectivity index (χ0v) is 19.0. The van der Waals surface area contributed by atoms with E-state index in [2.05, 4.69) is 5.32 Å². The summed E-state index contributed by atoms with van der Waals surface area (Å²) in [6.07, 6.45) is 1.39. The van der Waals surface area contributed by atoms with Gasteiger partial charge < -0.3 is 5.32 Å². The fourth-order valence-corrected chi connectivity index (χ4v) is 5.97. The van der Waals surface area contributed by atoms with E-state index in [0.29, 0.717) is 27.7 Å². The van der Waals surface area contributed by atoms with E-state index < -0.39 is 15.6 Å². The molecule has 1 aliphatic rings. The molecule has 5 rings (SSSR count). The number of benzene rings is 3. The van der Waals surface area contributed by atoms with Gasteiger partial charge in [0.2, 0.25) is 0 Å². The number of carbonyl (C=O) groups excluding carboxylic acids is 2. The van der Waals surface area contributed by atoms with E-state index in [1.807, 2.05) is 13.0 Å². The maximum Gasteiger partial charge on any atom is 0.268 e. The first kappa shape index (κ1) is 21.2. The van der Waals surface area contributed by atoms with Crippen LogP contribution in [-0.4, -0.2) is 24.0 Å². The van der Waals surface area contributed by atoms with Gasteiger partial charge in [0.05, 0.1) is 10.4 Å². The number of para-hydroxylation sites is 2. The van der Waals surface area contributed by atoms with Crippen molar-refractivity contribution in [1.29, 1.82) is 0 Å². The monoisotopic (exact) mass is 458 g/mol. The fraction of sp³-hybridized carbons (Fsp3) is 0.154. The first-order valence-corrected chi connectivity index (χ1v) is 12.0. The fourth-order valence-electron chi connectivity index (χ4n) is 4.60. The Hall–Kier alpha value is -3.71. The molecule has 0 spiro atoms. The quantitative estimate of drug-likeness (QED) is 0.470. The lowest BCUT2D eigenvalue weighted by Crippen LogP contribution is -2.40. The molecule has 166 valence electrons. The summed E-state index contributed by atoms with van der Waals surface area (Å²) in [5.41, 5.74) is 1.58. The maximum atomic E-state index is 13.7. The predicted octanol–water partition coefficient (Wildman–Crippen LogP) is 4.67. The van der Waals surface area contributed by atoms with Crippen LogP contribution in [0.15, 0.2) is 83.9 Å². The highest BCUT2D eigenvalue weighted by atomic mass is 32.2. The second kappa shape index (κ2) is 7.42. The van der Waals surface area contributed by atoms with Gasteiger partial charge >= 0.3 is 0 Å². The number of hydrogen-bond acceptors (Lipinski definition) is 5. The highest BCUT2D eigenvalue weighted by molar-refractivity contribution is 7.90. The van der Waals surface area contributed by atoms with Crippen molar-refractivity contribution in [2.24, 2.45) is 0 Å². The summed E-state index contributed by atoms with van der Waals surface area (Å²) in [6.45, 7) is 3.32. The van der Waals surface area contributed by atoms with Gasteiger partial charge in [-0.3, -0.25) is 9.59 Å². The Kier molecular flexibility index (Phi) is 4.76. The van der Waals surface area contributed by atoms with Crippen molar-refractivity contribution in [3.63, 3.8) is 0 Å². The van der Waals surface area contributed by atoms with E-state index in [9.17, 15) is 18.0 Å². The lowest BCUT2D eigenvalue weighted by molar-refractivity contribution is -0.117. The number of hydrogen-bond donors (Lipinski definition) is 1. The number of ketones is 2. The average molecular weight is 459 g/mol. The molecule has 1 atom stereocenters. The van der Waals surface area contributed by atoms with Gasteiger partial charge in [-0.05, 0) is 44.2 Å². The first-order chi connectivity index (χ1) is 15.7. The number of nitrogens with one attached hydrogen (secondary N) is 1. The van der Waals surface area contributed by atoms with Crippen LogP contribution in [-0.2, 0) is 20.4 Å². The highest BCUT2D eigenvalue weighted by Crippen LogP contribution is 2.45. The normalized spacial score (nSPS) is 17.7. The Morgan fingerprint density at radius 2 is 1.64 bits per heavy atom. The lowest BCUT2D eigenvalue weighted by Gasteiger charge is -2.27. The molecule has 0 fully saturated rings. The molecule has 6 nitrogen and oxygen atoms in total. The van der Waals surface area contributed by atoms with Gasteiger partial charge in [-0.1, -0.05) is 48.0 Å². The Morgan fingerprint density at radius 1 is 0.970 bits per heavy atom. The van der Waals surface area contributed by atoms with Crippen LogP contribution in [0.2, 0.25) is 0 Å². The number of aromatic nitrogens is 1. The molecule has 4 aromatic rings. The Labute approximate surface area is 191 Å². The third-order valence-corrected chi connectivity index (χ3v) is 7.82. The largest absolute Gasteiger partial charge is 0.368 e. The minimum absolute atomic E-state index is 0.0981. The van der Waals surface area contributed by atoms with Crippen molar-refractivity contribution in [3.8, 4) is 0 Å². The summed E-state index contributed by atoms with van der Waals surface area (Å²) in [7, 11) is -3.94. The summed E-state index contributed by atoms with van der Waals surface area (Å²) in [5, 5.41) is 3.87. The molecule has 0 saturated carbocycles. The molecule has 0 radical (unpaired) electrons. The van der Waals surface area contributed by atoms with Crippen LogP contribution >= 0.6 is 0 Å². The van der Waals surface area contributed by atoms with Gasteiger partial charge in [0.1, 0.15) is 11.3 Å². The first-order valence-electron chi connectivity index (χ1n) is 10.6. The second-order valence-electron chi connectivity index (χ2n) is 8.46. The van der Waals surface area contributed by atoms with Crippen molar-refractivity contribution >= 4 is 38.2 Å². The molecular weight excluding hydrogens is 436 g/mol. The number of carbonyl (C=O) groups is 2. The van der Waals surface area contributed by atoms with Crippen LogP contribution in [0.1, 0.15) is 34.8 Å². The van der Waals surface area contributed by atoms with Crippen molar-refractivity contribution in [1.82, 2.24) is 3.97 Å². The molecule has 0 unspecified atom stereocenters. The molecule has 7 heteroatoms. The van der Waals surface area contributed by atoms with E-state index in [4.69, 9.17) is 0 Å². The van der Waals surface area contributed by atoms with Gasteiger partial charge in [0.25, 0.3) is 10.0 Å². The average Bonchev–Trinajstić information content (AvgIpc) is 3.31. The minimum Gasteiger partial charge on any atom is -0.368 e. The molecule has 2 heterocycles. The number of anilines is 1. The summed E-state index contributed by atoms with van der Waals surface area (Å²) in [4.78, 5) is 26.2.